The molecule has 0 amide bonds. The normalized spacial score (nSPS) is 22.3. The summed E-state index contributed by atoms with van der Waals surface area (Å²) in [4.78, 5) is 0. The molecule has 0 heterocycles. The second-order valence-corrected chi connectivity index (χ2v) is 6.37. The van der Waals surface area contributed by atoms with Gasteiger partial charge in [0.15, 0.2) is 0 Å². The summed E-state index contributed by atoms with van der Waals surface area (Å²) in [6.45, 7) is 7.42. The maximum Gasteiger partial charge on any atom is 0.0633 e. The summed E-state index contributed by atoms with van der Waals surface area (Å²) in [5.41, 5.74) is -0.0132. The van der Waals surface area contributed by atoms with Gasteiger partial charge in [-0.15, -0.1) is 0 Å². The molecule has 0 spiro atoms. The second kappa shape index (κ2) is 5.48. The maximum atomic E-state index is 9.18. The fourth-order valence-corrected chi connectivity index (χ4v) is 2.22. The second-order valence-electron chi connectivity index (χ2n) is 6.37. The summed E-state index contributed by atoms with van der Waals surface area (Å²) >= 11 is 0. The number of hydrogen-bond donors (Lipinski definition) is 3. The van der Waals surface area contributed by atoms with Gasteiger partial charge in [0.2, 0.25) is 0 Å². The first-order valence-corrected chi connectivity index (χ1v) is 6.37. The summed E-state index contributed by atoms with van der Waals surface area (Å²) in [5, 5.41) is 21.6. The Hall–Kier alpha value is -0.120. The van der Waals surface area contributed by atoms with Crippen LogP contribution in [0.3, 0.4) is 0 Å². The molecule has 1 aliphatic carbocycles. The van der Waals surface area contributed by atoms with Crippen molar-refractivity contribution in [2.45, 2.75) is 52.0 Å². The Kier molecular flexibility index (Phi) is 4.77. The van der Waals surface area contributed by atoms with Gasteiger partial charge in [-0.05, 0) is 50.5 Å². The van der Waals surface area contributed by atoms with Crippen molar-refractivity contribution in [3.63, 3.8) is 0 Å². The van der Waals surface area contributed by atoms with E-state index >= 15 is 0 Å². The zero-order chi connectivity index (χ0) is 12.2. The molecule has 1 rings (SSSR count). The lowest BCUT2D eigenvalue weighted by Gasteiger charge is -2.36. The van der Waals surface area contributed by atoms with Crippen LogP contribution in [0.15, 0.2) is 0 Å². The molecule has 3 N–H and O–H groups in total. The van der Waals surface area contributed by atoms with Gasteiger partial charge < -0.3 is 15.5 Å². The molecule has 0 aliphatic heterocycles. The van der Waals surface area contributed by atoms with Crippen LogP contribution in [-0.4, -0.2) is 35.5 Å². The van der Waals surface area contributed by atoms with Crippen LogP contribution < -0.4 is 5.32 Å². The van der Waals surface area contributed by atoms with Crippen LogP contribution in [-0.2, 0) is 0 Å². The van der Waals surface area contributed by atoms with Crippen molar-refractivity contribution in [3.05, 3.63) is 0 Å². The summed E-state index contributed by atoms with van der Waals surface area (Å²) in [6.07, 6.45) is 5.09. The van der Waals surface area contributed by atoms with E-state index in [1.54, 1.807) is 0 Å². The molecule has 0 unspecified atom stereocenters. The SMILES string of the molecule is CC1(C)CCC(CNC(C)(CO)CO)CC1. The average Bonchev–Trinajstić information content (AvgIpc) is 2.27. The molecule has 0 atom stereocenters. The largest absolute Gasteiger partial charge is 0.394 e. The molecule has 3 heteroatoms. The Balaban J connectivity index is 2.29. The third kappa shape index (κ3) is 4.04. The molecule has 16 heavy (non-hydrogen) atoms. The van der Waals surface area contributed by atoms with Gasteiger partial charge >= 0.3 is 0 Å². The Morgan fingerprint density at radius 1 is 1.19 bits per heavy atom. The first kappa shape index (κ1) is 13.9. The minimum Gasteiger partial charge on any atom is -0.394 e. The van der Waals surface area contributed by atoms with Crippen LogP contribution in [0.1, 0.15) is 46.5 Å². The maximum absolute atomic E-state index is 9.18. The van der Waals surface area contributed by atoms with Gasteiger partial charge in [0.05, 0.1) is 18.8 Å². The van der Waals surface area contributed by atoms with Gasteiger partial charge in [-0.25, -0.2) is 0 Å². The van der Waals surface area contributed by atoms with Crippen molar-refractivity contribution in [2.24, 2.45) is 11.3 Å². The Bertz CT molecular complexity index is 202. The monoisotopic (exact) mass is 229 g/mol. The molecule has 1 fully saturated rings. The quantitative estimate of drug-likeness (QED) is 0.670. The molecular weight excluding hydrogens is 202 g/mol. The molecule has 0 saturated heterocycles. The fraction of sp³-hybridized carbons (Fsp3) is 1.00. The highest BCUT2D eigenvalue weighted by atomic mass is 16.3. The van der Waals surface area contributed by atoms with Gasteiger partial charge in [0, 0.05) is 0 Å². The molecule has 0 aromatic heterocycles. The van der Waals surface area contributed by atoms with Gasteiger partial charge in [-0.3, -0.25) is 0 Å². The van der Waals surface area contributed by atoms with Gasteiger partial charge in [-0.2, -0.15) is 0 Å². The minimum absolute atomic E-state index is 0.0122. The van der Waals surface area contributed by atoms with Gasteiger partial charge in [-0.1, -0.05) is 13.8 Å². The van der Waals surface area contributed by atoms with Crippen molar-refractivity contribution in [2.75, 3.05) is 19.8 Å². The highest BCUT2D eigenvalue weighted by molar-refractivity contribution is 4.85. The van der Waals surface area contributed by atoms with E-state index in [0.717, 1.165) is 6.54 Å². The van der Waals surface area contributed by atoms with E-state index in [-0.39, 0.29) is 13.2 Å². The molecule has 1 saturated carbocycles. The minimum atomic E-state index is -0.521. The van der Waals surface area contributed by atoms with E-state index in [0.29, 0.717) is 11.3 Å². The average molecular weight is 229 g/mol. The molecule has 96 valence electrons. The van der Waals surface area contributed by atoms with Crippen LogP contribution in [0.4, 0.5) is 0 Å². The first-order valence-electron chi connectivity index (χ1n) is 6.37. The topological polar surface area (TPSA) is 52.5 Å². The highest BCUT2D eigenvalue weighted by Crippen LogP contribution is 2.37. The molecule has 0 aromatic carbocycles. The van der Waals surface area contributed by atoms with Crippen LogP contribution in [0.2, 0.25) is 0 Å². The number of rotatable bonds is 5. The molecular formula is C13H27NO2. The van der Waals surface area contributed by atoms with Crippen LogP contribution >= 0.6 is 0 Å². The Morgan fingerprint density at radius 2 is 1.69 bits per heavy atom. The van der Waals surface area contributed by atoms with E-state index in [1.165, 1.54) is 25.7 Å². The van der Waals surface area contributed by atoms with Gasteiger partial charge in [0.25, 0.3) is 0 Å². The molecule has 0 radical (unpaired) electrons. The summed E-state index contributed by atoms with van der Waals surface area (Å²) in [5.74, 6) is 0.699. The van der Waals surface area contributed by atoms with E-state index < -0.39 is 5.54 Å². The van der Waals surface area contributed by atoms with E-state index in [2.05, 4.69) is 19.2 Å². The zero-order valence-corrected chi connectivity index (χ0v) is 10.9. The number of nitrogens with one attached hydrogen (secondary N) is 1. The highest BCUT2D eigenvalue weighted by Gasteiger charge is 2.28. The van der Waals surface area contributed by atoms with Crippen molar-refractivity contribution >= 4 is 0 Å². The lowest BCUT2D eigenvalue weighted by Crippen LogP contribution is -2.50. The lowest BCUT2D eigenvalue weighted by atomic mass is 9.73. The third-order valence-electron chi connectivity index (χ3n) is 3.97. The zero-order valence-electron chi connectivity index (χ0n) is 10.9. The number of aliphatic hydroxyl groups is 2. The predicted octanol–water partition coefficient (Wildman–Crippen LogP) is 1.54. The van der Waals surface area contributed by atoms with E-state index in [4.69, 9.17) is 0 Å². The van der Waals surface area contributed by atoms with E-state index in [9.17, 15) is 10.2 Å². The molecule has 0 bridgehead atoms. The molecule has 1 aliphatic rings. The predicted molar refractivity (Wildman–Crippen MR) is 66.3 cm³/mol. The fourth-order valence-electron chi connectivity index (χ4n) is 2.22. The molecule has 0 aromatic rings. The van der Waals surface area contributed by atoms with Crippen LogP contribution in [0, 0.1) is 11.3 Å². The van der Waals surface area contributed by atoms with E-state index in [1.807, 2.05) is 6.92 Å². The van der Waals surface area contributed by atoms with Crippen molar-refractivity contribution in [1.82, 2.24) is 5.32 Å². The smallest absolute Gasteiger partial charge is 0.0633 e. The van der Waals surface area contributed by atoms with Crippen LogP contribution in [0.25, 0.3) is 0 Å². The van der Waals surface area contributed by atoms with Crippen molar-refractivity contribution < 1.29 is 10.2 Å². The standard InChI is InChI=1S/C13H27NO2/c1-12(2)6-4-11(5-7-12)8-14-13(3,9-15)10-16/h11,14-16H,4-10H2,1-3H3. The Labute approximate surface area is 99.3 Å². The summed E-state index contributed by atoms with van der Waals surface area (Å²) < 4.78 is 0. The lowest BCUT2D eigenvalue weighted by molar-refractivity contribution is 0.0934. The Morgan fingerprint density at radius 3 is 2.12 bits per heavy atom. The number of hydrogen-bond acceptors (Lipinski definition) is 3. The first-order chi connectivity index (χ1) is 7.41. The van der Waals surface area contributed by atoms with Gasteiger partial charge in [0.1, 0.15) is 0 Å². The number of aliphatic hydroxyl groups excluding tert-OH is 2. The van der Waals surface area contributed by atoms with Crippen molar-refractivity contribution in [3.8, 4) is 0 Å². The molecule has 3 nitrogen and oxygen atoms in total. The summed E-state index contributed by atoms with van der Waals surface area (Å²) in [7, 11) is 0. The summed E-state index contributed by atoms with van der Waals surface area (Å²) in [6, 6.07) is 0. The van der Waals surface area contributed by atoms with Crippen molar-refractivity contribution in [1.29, 1.82) is 0 Å². The third-order valence-corrected chi connectivity index (χ3v) is 3.97. The van der Waals surface area contributed by atoms with Crippen LogP contribution in [0.5, 0.6) is 0 Å².